The summed E-state index contributed by atoms with van der Waals surface area (Å²) in [6, 6.07) is 8.12. The van der Waals surface area contributed by atoms with Crippen molar-refractivity contribution in [3.63, 3.8) is 0 Å². The van der Waals surface area contributed by atoms with Crippen LogP contribution in [0.4, 0.5) is 5.69 Å². The minimum absolute atomic E-state index is 0.0379. The summed E-state index contributed by atoms with van der Waals surface area (Å²) in [7, 11) is 0. The summed E-state index contributed by atoms with van der Waals surface area (Å²) in [4.78, 5) is 13.3. The number of likely N-dealkylation sites (N-methyl/N-ethyl adjacent to an activating group) is 1. The molecule has 0 aliphatic heterocycles. The average Bonchev–Trinajstić information content (AvgIpc) is 2.37. The highest BCUT2D eigenvalue weighted by atomic mass is 16.5. The molecule has 0 aromatic heterocycles. The van der Waals surface area contributed by atoms with E-state index >= 15 is 0 Å². The summed E-state index contributed by atoms with van der Waals surface area (Å²) in [5.41, 5.74) is 2.25. The van der Waals surface area contributed by atoms with E-state index in [9.17, 15) is 9.90 Å². The molecule has 1 atom stereocenters. The monoisotopic (exact) mass is 265 g/mol. The van der Waals surface area contributed by atoms with Gasteiger partial charge in [-0.2, -0.15) is 0 Å². The fraction of sp³-hybridized carbons (Fsp3) is 0.533. The highest BCUT2D eigenvalue weighted by molar-refractivity contribution is 5.70. The van der Waals surface area contributed by atoms with Gasteiger partial charge in [0, 0.05) is 18.8 Å². The molecule has 1 aromatic rings. The van der Waals surface area contributed by atoms with Crippen LogP contribution in [-0.2, 0) is 9.53 Å². The van der Waals surface area contributed by atoms with E-state index in [1.807, 2.05) is 43.0 Å². The molecule has 0 aliphatic rings. The van der Waals surface area contributed by atoms with Gasteiger partial charge in [-0.15, -0.1) is 0 Å². The van der Waals surface area contributed by atoms with Gasteiger partial charge < -0.3 is 14.7 Å². The second-order valence-corrected chi connectivity index (χ2v) is 4.54. The number of benzene rings is 1. The number of aliphatic hydroxyl groups excluding tert-OH is 1. The first-order chi connectivity index (χ1) is 9.06. The fourth-order valence-corrected chi connectivity index (χ4v) is 1.90. The van der Waals surface area contributed by atoms with E-state index in [0.29, 0.717) is 13.2 Å². The lowest BCUT2D eigenvalue weighted by Crippen LogP contribution is -2.33. The van der Waals surface area contributed by atoms with Crippen molar-refractivity contribution in [1.29, 1.82) is 0 Å². The Morgan fingerprint density at radius 3 is 2.47 bits per heavy atom. The molecule has 1 N–H and O–H groups in total. The van der Waals surface area contributed by atoms with E-state index in [0.717, 1.165) is 12.2 Å². The minimum atomic E-state index is -0.708. The molecule has 0 fully saturated rings. The molecule has 1 aromatic carbocycles. The molecule has 0 amide bonds. The summed E-state index contributed by atoms with van der Waals surface area (Å²) in [6.07, 6.45) is -0.670. The number of aliphatic hydroxyl groups is 1. The Kier molecular flexibility index (Phi) is 6.36. The fourth-order valence-electron chi connectivity index (χ4n) is 1.90. The number of ether oxygens (including phenoxy) is 1. The maximum atomic E-state index is 11.3. The number of carbonyl (C=O) groups is 1. The summed E-state index contributed by atoms with van der Waals surface area (Å²) in [5, 5.41) is 9.92. The van der Waals surface area contributed by atoms with Crippen LogP contribution in [0.15, 0.2) is 24.3 Å². The number of hydrogen-bond acceptors (Lipinski definition) is 4. The Hall–Kier alpha value is -1.55. The van der Waals surface area contributed by atoms with Gasteiger partial charge in [0.05, 0.1) is 19.1 Å². The van der Waals surface area contributed by atoms with Crippen molar-refractivity contribution in [2.24, 2.45) is 0 Å². The third kappa shape index (κ3) is 5.30. The maximum Gasteiger partial charge on any atom is 0.308 e. The van der Waals surface area contributed by atoms with E-state index in [4.69, 9.17) is 4.74 Å². The van der Waals surface area contributed by atoms with Gasteiger partial charge in [0.15, 0.2) is 0 Å². The van der Waals surface area contributed by atoms with E-state index < -0.39 is 6.10 Å². The average molecular weight is 265 g/mol. The molecule has 4 nitrogen and oxygen atoms in total. The lowest BCUT2D eigenvalue weighted by Gasteiger charge is -2.25. The third-order valence-electron chi connectivity index (χ3n) is 2.92. The number of hydrogen-bond donors (Lipinski definition) is 1. The number of esters is 1. The van der Waals surface area contributed by atoms with Gasteiger partial charge in [-0.05, 0) is 32.9 Å². The van der Waals surface area contributed by atoms with Gasteiger partial charge >= 0.3 is 5.97 Å². The number of aryl methyl sites for hydroxylation is 1. The van der Waals surface area contributed by atoms with Crippen molar-refractivity contribution in [1.82, 2.24) is 0 Å². The SMILES string of the molecule is CCOC(=O)CC(O)CN(CC)c1ccc(C)cc1. The van der Waals surface area contributed by atoms with Crippen molar-refractivity contribution in [3.8, 4) is 0 Å². The summed E-state index contributed by atoms with van der Waals surface area (Å²) < 4.78 is 4.83. The molecule has 0 aliphatic carbocycles. The van der Waals surface area contributed by atoms with Crippen LogP contribution >= 0.6 is 0 Å². The smallest absolute Gasteiger partial charge is 0.308 e. The van der Waals surface area contributed by atoms with Crippen molar-refractivity contribution < 1.29 is 14.6 Å². The molecule has 0 saturated carbocycles. The lowest BCUT2D eigenvalue weighted by molar-refractivity contribution is -0.145. The first kappa shape index (κ1) is 15.5. The summed E-state index contributed by atoms with van der Waals surface area (Å²) in [6.45, 7) is 7.38. The standard InChI is InChI=1S/C15H23NO3/c1-4-16(13-8-6-12(3)7-9-13)11-14(17)10-15(18)19-5-2/h6-9,14,17H,4-5,10-11H2,1-3H3. The van der Waals surface area contributed by atoms with Crippen LogP contribution in [0.5, 0.6) is 0 Å². The van der Waals surface area contributed by atoms with Crippen molar-refractivity contribution in [3.05, 3.63) is 29.8 Å². The lowest BCUT2D eigenvalue weighted by atomic mass is 10.2. The second-order valence-electron chi connectivity index (χ2n) is 4.54. The maximum absolute atomic E-state index is 11.3. The van der Waals surface area contributed by atoms with Gasteiger partial charge in [-0.25, -0.2) is 0 Å². The Morgan fingerprint density at radius 1 is 1.32 bits per heavy atom. The van der Waals surface area contributed by atoms with Gasteiger partial charge in [0.25, 0.3) is 0 Å². The normalized spacial score (nSPS) is 12.0. The number of carbonyl (C=O) groups excluding carboxylic acids is 1. The van der Waals surface area contributed by atoms with Gasteiger partial charge in [0.1, 0.15) is 0 Å². The minimum Gasteiger partial charge on any atom is -0.466 e. The van der Waals surface area contributed by atoms with E-state index in [2.05, 4.69) is 0 Å². The largest absolute Gasteiger partial charge is 0.466 e. The van der Waals surface area contributed by atoms with E-state index in [-0.39, 0.29) is 12.4 Å². The zero-order valence-corrected chi connectivity index (χ0v) is 11.9. The van der Waals surface area contributed by atoms with Crippen LogP contribution in [0.1, 0.15) is 25.8 Å². The first-order valence-corrected chi connectivity index (χ1v) is 6.72. The third-order valence-corrected chi connectivity index (χ3v) is 2.92. The predicted octanol–water partition coefficient (Wildman–Crippen LogP) is 2.14. The predicted molar refractivity (Wildman–Crippen MR) is 76.3 cm³/mol. The quantitative estimate of drug-likeness (QED) is 0.767. The van der Waals surface area contributed by atoms with Crippen LogP contribution in [0, 0.1) is 6.92 Å². The molecule has 1 rings (SSSR count). The van der Waals surface area contributed by atoms with Crippen LogP contribution in [-0.4, -0.2) is 36.9 Å². The zero-order valence-electron chi connectivity index (χ0n) is 11.9. The van der Waals surface area contributed by atoms with Gasteiger partial charge in [-0.3, -0.25) is 4.79 Å². The highest BCUT2D eigenvalue weighted by Gasteiger charge is 2.15. The van der Waals surface area contributed by atoms with Crippen molar-refractivity contribution >= 4 is 11.7 Å². The molecular formula is C15H23NO3. The Morgan fingerprint density at radius 2 is 1.95 bits per heavy atom. The Balaban J connectivity index is 2.56. The topological polar surface area (TPSA) is 49.8 Å². The molecule has 0 radical (unpaired) electrons. The summed E-state index contributed by atoms with van der Waals surface area (Å²) >= 11 is 0. The van der Waals surface area contributed by atoms with Crippen LogP contribution in [0.2, 0.25) is 0 Å². The van der Waals surface area contributed by atoms with Crippen LogP contribution in [0.25, 0.3) is 0 Å². The molecule has 19 heavy (non-hydrogen) atoms. The van der Waals surface area contributed by atoms with Crippen molar-refractivity contribution in [2.75, 3.05) is 24.6 Å². The number of rotatable bonds is 7. The van der Waals surface area contributed by atoms with E-state index in [1.165, 1.54) is 5.56 Å². The Bertz CT molecular complexity index is 389. The molecule has 4 heteroatoms. The molecular weight excluding hydrogens is 242 g/mol. The molecule has 0 heterocycles. The zero-order chi connectivity index (χ0) is 14.3. The molecule has 106 valence electrons. The molecule has 1 unspecified atom stereocenters. The van der Waals surface area contributed by atoms with Crippen molar-refractivity contribution in [2.45, 2.75) is 33.3 Å². The highest BCUT2D eigenvalue weighted by Crippen LogP contribution is 2.15. The van der Waals surface area contributed by atoms with Crippen LogP contribution < -0.4 is 4.90 Å². The van der Waals surface area contributed by atoms with Gasteiger partial charge in [-0.1, -0.05) is 17.7 Å². The molecule has 0 spiro atoms. The van der Waals surface area contributed by atoms with Gasteiger partial charge in [0.2, 0.25) is 0 Å². The Labute approximate surface area is 115 Å². The summed E-state index contributed by atoms with van der Waals surface area (Å²) in [5.74, 6) is -0.352. The second kappa shape index (κ2) is 7.79. The number of nitrogens with zero attached hydrogens (tertiary/aromatic N) is 1. The van der Waals surface area contributed by atoms with E-state index in [1.54, 1.807) is 6.92 Å². The molecule has 0 saturated heterocycles. The van der Waals surface area contributed by atoms with Crippen LogP contribution in [0.3, 0.4) is 0 Å². The first-order valence-electron chi connectivity index (χ1n) is 6.72. The molecule has 0 bridgehead atoms. The number of anilines is 1.